The van der Waals surface area contributed by atoms with Crippen LogP contribution < -0.4 is 5.32 Å². The second-order valence-corrected chi connectivity index (χ2v) is 6.42. The van der Waals surface area contributed by atoms with Gasteiger partial charge in [0.15, 0.2) is 17.3 Å². The molecule has 0 atom stereocenters. The third kappa shape index (κ3) is 2.09. The SMILES string of the molecule is Cc1[nH]nc2nc(Nc3ccc(Br)c4c3CCC4)c(F)cc12. The molecule has 2 N–H and O–H groups in total. The van der Waals surface area contributed by atoms with Gasteiger partial charge in [-0.1, -0.05) is 15.9 Å². The van der Waals surface area contributed by atoms with E-state index < -0.39 is 0 Å². The van der Waals surface area contributed by atoms with Crippen LogP contribution in [0.15, 0.2) is 22.7 Å². The van der Waals surface area contributed by atoms with E-state index >= 15 is 0 Å². The molecule has 0 unspecified atom stereocenters. The molecule has 3 aromatic rings. The van der Waals surface area contributed by atoms with E-state index in [0.29, 0.717) is 11.0 Å². The largest absolute Gasteiger partial charge is 0.337 e. The summed E-state index contributed by atoms with van der Waals surface area (Å²) in [7, 11) is 0. The summed E-state index contributed by atoms with van der Waals surface area (Å²) in [5, 5.41) is 10.8. The maximum absolute atomic E-state index is 14.3. The number of halogens is 2. The third-order valence-electron chi connectivity index (χ3n) is 4.17. The molecule has 4 rings (SSSR count). The minimum absolute atomic E-state index is 0.218. The average molecular weight is 361 g/mol. The predicted molar refractivity (Wildman–Crippen MR) is 88.0 cm³/mol. The van der Waals surface area contributed by atoms with Crippen molar-refractivity contribution in [2.45, 2.75) is 26.2 Å². The number of pyridine rings is 1. The number of aryl methyl sites for hydroxylation is 1. The van der Waals surface area contributed by atoms with Crippen LogP contribution in [0.25, 0.3) is 11.0 Å². The highest BCUT2D eigenvalue weighted by Crippen LogP contribution is 2.36. The number of fused-ring (bicyclic) bond motifs is 2. The molecule has 0 fully saturated rings. The molecular weight excluding hydrogens is 347 g/mol. The first kappa shape index (κ1) is 13.7. The van der Waals surface area contributed by atoms with Crippen LogP contribution >= 0.6 is 15.9 Å². The third-order valence-corrected chi connectivity index (χ3v) is 4.91. The van der Waals surface area contributed by atoms with Crippen molar-refractivity contribution in [1.82, 2.24) is 15.2 Å². The number of H-pyrrole nitrogens is 1. The molecule has 1 aromatic carbocycles. The Morgan fingerprint density at radius 1 is 1.27 bits per heavy atom. The fourth-order valence-corrected chi connectivity index (χ4v) is 3.60. The van der Waals surface area contributed by atoms with Gasteiger partial charge in [-0.25, -0.2) is 9.37 Å². The molecule has 1 aliphatic rings. The number of anilines is 2. The van der Waals surface area contributed by atoms with Crippen LogP contribution in [0, 0.1) is 12.7 Å². The molecule has 2 aromatic heterocycles. The Balaban J connectivity index is 1.78. The van der Waals surface area contributed by atoms with Gasteiger partial charge in [0.2, 0.25) is 0 Å². The summed E-state index contributed by atoms with van der Waals surface area (Å²) in [4.78, 5) is 4.30. The average Bonchev–Trinajstić information content (AvgIpc) is 3.11. The lowest BCUT2D eigenvalue weighted by molar-refractivity contribution is 0.629. The topological polar surface area (TPSA) is 53.6 Å². The second-order valence-electron chi connectivity index (χ2n) is 5.57. The normalized spacial score (nSPS) is 13.6. The summed E-state index contributed by atoms with van der Waals surface area (Å²) in [6.45, 7) is 1.85. The number of aromatic nitrogens is 3. The summed E-state index contributed by atoms with van der Waals surface area (Å²) in [6.07, 6.45) is 3.18. The smallest absolute Gasteiger partial charge is 0.183 e. The molecule has 0 saturated heterocycles. The lowest BCUT2D eigenvalue weighted by atomic mass is 10.1. The molecular formula is C16H14BrFN4. The summed E-state index contributed by atoms with van der Waals surface area (Å²) in [6, 6.07) is 5.44. The summed E-state index contributed by atoms with van der Waals surface area (Å²) >= 11 is 3.59. The zero-order chi connectivity index (χ0) is 15.3. The lowest BCUT2D eigenvalue weighted by Gasteiger charge is -2.12. The second kappa shape index (κ2) is 5.05. The number of aromatic amines is 1. The minimum atomic E-state index is -0.369. The van der Waals surface area contributed by atoms with Gasteiger partial charge in [-0.05, 0) is 55.5 Å². The fourth-order valence-electron chi connectivity index (χ4n) is 3.03. The monoisotopic (exact) mass is 360 g/mol. The Bertz CT molecular complexity index is 887. The zero-order valence-corrected chi connectivity index (χ0v) is 13.6. The highest BCUT2D eigenvalue weighted by molar-refractivity contribution is 9.10. The van der Waals surface area contributed by atoms with Gasteiger partial charge in [-0.3, -0.25) is 5.10 Å². The Kier molecular flexibility index (Phi) is 3.14. The maximum atomic E-state index is 14.3. The maximum Gasteiger partial charge on any atom is 0.183 e. The van der Waals surface area contributed by atoms with E-state index in [-0.39, 0.29) is 11.6 Å². The Morgan fingerprint density at radius 3 is 2.95 bits per heavy atom. The van der Waals surface area contributed by atoms with Crippen LogP contribution in [0.1, 0.15) is 23.2 Å². The van der Waals surface area contributed by atoms with Crippen molar-refractivity contribution >= 4 is 38.5 Å². The Hall–Kier alpha value is -1.95. The van der Waals surface area contributed by atoms with Gasteiger partial charge in [0.25, 0.3) is 0 Å². The minimum Gasteiger partial charge on any atom is -0.337 e. The van der Waals surface area contributed by atoms with Gasteiger partial charge >= 0.3 is 0 Å². The van der Waals surface area contributed by atoms with Crippen molar-refractivity contribution in [3.8, 4) is 0 Å². The van der Waals surface area contributed by atoms with Gasteiger partial charge in [0.1, 0.15) is 0 Å². The van der Waals surface area contributed by atoms with E-state index in [0.717, 1.165) is 35.1 Å². The number of nitrogens with zero attached hydrogens (tertiary/aromatic N) is 2. The zero-order valence-electron chi connectivity index (χ0n) is 12.0. The summed E-state index contributed by atoms with van der Waals surface area (Å²) in [5.41, 5.74) is 4.82. The first-order chi connectivity index (χ1) is 10.6. The molecule has 0 saturated carbocycles. The lowest BCUT2D eigenvalue weighted by Crippen LogP contribution is -2.01. The number of nitrogens with one attached hydrogen (secondary N) is 2. The van der Waals surface area contributed by atoms with Crippen molar-refractivity contribution in [3.05, 3.63) is 45.3 Å². The van der Waals surface area contributed by atoms with E-state index in [4.69, 9.17) is 0 Å². The van der Waals surface area contributed by atoms with E-state index in [1.165, 1.54) is 17.2 Å². The van der Waals surface area contributed by atoms with Crippen molar-refractivity contribution in [2.24, 2.45) is 0 Å². The molecule has 4 nitrogen and oxygen atoms in total. The molecule has 0 amide bonds. The molecule has 2 heterocycles. The number of hydrogen-bond acceptors (Lipinski definition) is 3. The standard InChI is InChI=1S/C16H14BrFN4/c1-8-11-7-13(18)16(20-15(11)22-21-8)19-14-6-5-12(17)9-3-2-4-10(9)14/h5-7H,2-4H2,1H3,(H2,19,20,21,22). The van der Waals surface area contributed by atoms with E-state index in [2.05, 4.69) is 36.4 Å². The first-order valence-corrected chi connectivity index (χ1v) is 8.01. The van der Waals surface area contributed by atoms with Crippen molar-refractivity contribution < 1.29 is 4.39 Å². The van der Waals surface area contributed by atoms with Crippen molar-refractivity contribution in [2.75, 3.05) is 5.32 Å². The molecule has 112 valence electrons. The van der Waals surface area contributed by atoms with Gasteiger partial charge in [0.05, 0.1) is 0 Å². The van der Waals surface area contributed by atoms with Crippen LogP contribution in [0.2, 0.25) is 0 Å². The molecule has 1 aliphatic carbocycles. The Labute approximate surface area is 135 Å². The van der Waals surface area contributed by atoms with Crippen molar-refractivity contribution in [3.63, 3.8) is 0 Å². The molecule has 0 radical (unpaired) electrons. The molecule has 22 heavy (non-hydrogen) atoms. The van der Waals surface area contributed by atoms with Crippen LogP contribution in [-0.4, -0.2) is 15.2 Å². The van der Waals surface area contributed by atoms with E-state index in [1.807, 2.05) is 19.1 Å². The fraction of sp³-hybridized carbons (Fsp3) is 0.250. The summed E-state index contributed by atoms with van der Waals surface area (Å²) in [5.74, 6) is -0.151. The molecule has 0 aliphatic heterocycles. The van der Waals surface area contributed by atoms with Gasteiger partial charge in [0, 0.05) is 21.2 Å². The van der Waals surface area contributed by atoms with Crippen molar-refractivity contribution in [1.29, 1.82) is 0 Å². The van der Waals surface area contributed by atoms with Gasteiger partial charge in [-0.2, -0.15) is 5.10 Å². The summed E-state index contributed by atoms with van der Waals surface area (Å²) < 4.78 is 15.4. The highest BCUT2D eigenvalue weighted by Gasteiger charge is 2.19. The first-order valence-electron chi connectivity index (χ1n) is 7.22. The van der Waals surface area contributed by atoms with Crippen LogP contribution in [0.5, 0.6) is 0 Å². The highest BCUT2D eigenvalue weighted by atomic mass is 79.9. The number of hydrogen-bond donors (Lipinski definition) is 2. The van der Waals surface area contributed by atoms with Gasteiger partial charge < -0.3 is 5.32 Å². The molecule has 0 spiro atoms. The molecule has 0 bridgehead atoms. The number of rotatable bonds is 2. The predicted octanol–water partition coefficient (Wildman–Crippen LogP) is 4.40. The van der Waals surface area contributed by atoms with Crippen LogP contribution in [-0.2, 0) is 12.8 Å². The Morgan fingerprint density at radius 2 is 2.09 bits per heavy atom. The quantitative estimate of drug-likeness (QED) is 0.711. The van der Waals surface area contributed by atoms with Crippen LogP contribution in [0.3, 0.4) is 0 Å². The number of benzene rings is 1. The molecule has 6 heteroatoms. The van der Waals surface area contributed by atoms with Gasteiger partial charge in [-0.15, -0.1) is 0 Å². The van der Waals surface area contributed by atoms with Crippen LogP contribution in [0.4, 0.5) is 15.9 Å². The van der Waals surface area contributed by atoms with E-state index in [9.17, 15) is 4.39 Å². The van der Waals surface area contributed by atoms with E-state index in [1.54, 1.807) is 0 Å².